The number of furan rings is 1. The largest absolute Gasteiger partial charge is 0.456 e. The minimum Gasteiger partial charge on any atom is -0.456 e. The Kier molecular flexibility index (Phi) is 7.97. The van der Waals surface area contributed by atoms with Gasteiger partial charge in [-0.25, -0.2) is 15.0 Å². The van der Waals surface area contributed by atoms with E-state index in [9.17, 15) is 0 Å². The zero-order valence-electron chi connectivity index (χ0n) is 37.0. The Morgan fingerprint density at radius 3 is 1.71 bits per heavy atom. The van der Waals surface area contributed by atoms with Gasteiger partial charge >= 0.3 is 0 Å². The molecule has 320 valence electrons. The van der Waals surface area contributed by atoms with Gasteiger partial charge in [-0.2, -0.15) is 0 Å². The molecule has 0 saturated carbocycles. The van der Waals surface area contributed by atoms with Crippen molar-refractivity contribution in [2.75, 3.05) is 0 Å². The summed E-state index contributed by atoms with van der Waals surface area (Å²) in [4.78, 5) is 16.0. The molecule has 0 aliphatic heterocycles. The topological polar surface area (TPSA) is 61.7 Å². The van der Waals surface area contributed by atoms with Crippen LogP contribution in [0.2, 0.25) is 0 Å². The molecular weight excluding hydrogens is 843 g/mol. The van der Waals surface area contributed by atoms with E-state index in [2.05, 4.69) is 234 Å². The van der Waals surface area contributed by atoms with E-state index in [0.717, 1.165) is 93.4 Å². The third kappa shape index (κ3) is 5.76. The molecule has 0 unspecified atom stereocenters. The highest BCUT2D eigenvalue weighted by Crippen LogP contribution is 2.42. The number of hydrogen-bond donors (Lipinski definition) is 0. The van der Waals surface area contributed by atoms with E-state index in [1.807, 2.05) is 0 Å². The summed E-state index contributed by atoms with van der Waals surface area (Å²) in [6.07, 6.45) is 0. The summed E-state index contributed by atoms with van der Waals surface area (Å²) in [6.45, 7) is 0. The predicted molar refractivity (Wildman–Crippen MR) is 285 cm³/mol. The summed E-state index contributed by atoms with van der Waals surface area (Å²) >= 11 is 0. The van der Waals surface area contributed by atoms with Gasteiger partial charge in [0, 0.05) is 60.4 Å². The molecular formula is C63H37N5O. The van der Waals surface area contributed by atoms with Gasteiger partial charge in [-0.3, -0.25) is 0 Å². The molecule has 69 heavy (non-hydrogen) atoms. The highest BCUT2D eigenvalue weighted by Gasteiger charge is 2.22. The second-order valence-corrected chi connectivity index (χ2v) is 18.0. The first-order valence-electron chi connectivity index (χ1n) is 23.3. The van der Waals surface area contributed by atoms with E-state index in [1.165, 1.54) is 32.6 Å². The van der Waals surface area contributed by atoms with E-state index >= 15 is 0 Å². The third-order valence-corrected chi connectivity index (χ3v) is 14.1. The minimum absolute atomic E-state index is 0.585. The monoisotopic (exact) mass is 879 g/mol. The Hall–Kier alpha value is -9.39. The van der Waals surface area contributed by atoms with Crippen LogP contribution in [0.25, 0.3) is 143 Å². The van der Waals surface area contributed by atoms with Crippen LogP contribution in [0.4, 0.5) is 0 Å². The molecule has 11 aromatic carbocycles. The van der Waals surface area contributed by atoms with Crippen LogP contribution in [-0.4, -0.2) is 24.1 Å². The fourth-order valence-corrected chi connectivity index (χ4v) is 10.9. The van der Waals surface area contributed by atoms with Gasteiger partial charge in [-0.05, 0) is 117 Å². The van der Waals surface area contributed by atoms with E-state index in [4.69, 9.17) is 19.4 Å². The van der Waals surface area contributed by atoms with Gasteiger partial charge in [-0.1, -0.05) is 140 Å². The summed E-state index contributed by atoms with van der Waals surface area (Å²) in [5, 5.41) is 13.7. The summed E-state index contributed by atoms with van der Waals surface area (Å²) in [5.41, 5.74) is 11.1. The lowest BCUT2D eigenvalue weighted by Gasteiger charge is -2.11. The van der Waals surface area contributed by atoms with Crippen molar-refractivity contribution in [1.29, 1.82) is 0 Å². The van der Waals surface area contributed by atoms with Crippen LogP contribution < -0.4 is 0 Å². The SMILES string of the molecule is c1ccc(-n2c3ccccc3c3c(-c4nc(-c5ccc6ccccc6c5)nc(-c5ccc6oc7ccc8ccc(-n9c%10ccccc%10c%10cc%11ccccc%11cc%109)cc8c7c6c5)n4)cccc32)cc1. The van der Waals surface area contributed by atoms with Crippen molar-refractivity contribution in [3.8, 4) is 45.5 Å². The molecule has 0 aliphatic rings. The molecule has 6 heteroatoms. The molecule has 0 atom stereocenters. The average Bonchev–Trinajstić information content (AvgIpc) is 4.07. The number of fused-ring (bicyclic) bond motifs is 13. The highest BCUT2D eigenvalue weighted by atomic mass is 16.3. The maximum atomic E-state index is 6.66. The van der Waals surface area contributed by atoms with Crippen LogP contribution >= 0.6 is 0 Å². The normalized spacial score (nSPS) is 12.1. The van der Waals surface area contributed by atoms with Gasteiger partial charge in [0.05, 0.1) is 22.1 Å². The molecule has 0 radical (unpaired) electrons. The third-order valence-electron chi connectivity index (χ3n) is 14.1. The smallest absolute Gasteiger partial charge is 0.164 e. The second kappa shape index (κ2) is 14.6. The second-order valence-electron chi connectivity index (χ2n) is 18.0. The molecule has 0 N–H and O–H groups in total. The summed E-state index contributed by atoms with van der Waals surface area (Å²) < 4.78 is 11.4. The quantitative estimate of drug-likeness (QED) is 0.173. The van der Waals surface area contributed by atoms with Crippen molar-refractivity contribution >= 4 is 97.9 Å². The van der Waals surface area contributed by atoms with Gasteiger partial charge in [0.2, 0.25) is 0 Å². The summed E-state index contributed by atoms with van der Waals surface area (Å²) in [5.74, 6) is 1.80. The lowest BCUT2D eigenvalue weighted by molar-refractivity contribution is 0.669. The van der Waals surface area contributed by atoms with Crippen molar-refractivity contribution in [1.82, 2.24) is 24.1 Å². The molecule has 4 aromatic heterocycles. The number of nitrogens with zero attached hydrogens (tertiary/aromatic N) is 5. The molecule has 0 aliphatic carbocycles. The van der Waals surface area contributed by atoms with Crippen LogP contribution in [-0.2, 0) is 0 Å². The maximum absolute atomic E-state index is 6.66. The standard InChI is InChI=1S/C63H37N5O/c1-2-17-45(18-3-1)67-54-23-11-9-20-48(54)59-49(21-12-24-55(59)67)63-65-61(43-26-25-38-13-4-5-14-40(38)33-43)64-62(66-63)44-29-31-57-52(35-44)60-50-37-46(30-27-39(50)28-32-58(60)69-57)68-53-22-10-8-19-47(53)51-34-41-15-6-7-16-42(41)36-56(51)68/h1-37H. The predicted octanol–water partition coefficient (Wildman–Crippen LogP) is 16.4. The Morgan fingerprint density at radius 1 is 0.290 bits per heavy atom. The van der Waals surface area contributed by atoms with Crippen LogP contribution in [0.15, 0.2) is 229 Å². The molecule has 0 fully saturated rings. The highest BCUT2D eigenvalue weighted by molar-refractivity contribution is 6.20. The maximum Gasteiger partial charge on any atom is 0.164 e. The van der Waals surface area contributed by atoms with E-state index < -0.39 is 0 Å². The van der Waals surface area contributed by atoms with Crippen LogP contribution in [0, 0.1) is 0 Å². The Bertz CT molecular complexity index is 4620. The molecule has 4 heterocycles. The average molecular weight is 880 g/mol. The first kappa shape index (κ1) is 37.8. The zero-order chi connectivity index (χ0) is 45.2. The van der Waals surface area contributed by atoms with Gasteiger partial charge in [0.25, 0.3) is 0 Å². The van der Waals surface area contributed by atoms with Crippen molar-refractivity contribution in [3.05, 3.63) is 224 Å². The number of rotatable bonds is 5. The lowest BCUT2D eigenvalue weighted by atomic mass is 10.0. The van der Waals surface area contributed by atoms with Crippen molar-refractivity contribution < 1.29 is 4.42 Å². The lowest BCUT2D eigenvalue weighted by Crippen LogP contribution is -2.00. The number of hydrogen-bond acceptors (Lipinski definition) is 4. The van der Waals surface area contributed by atoms with Gasteiger partial charge < -0.3 is 13.6 Å². The van der Waals surface area contributed by atoms with Crippen LogP contribution in [0.5, 0.6) is 0 Å². The van der Waals surface area contributed by atoms with Crippen molar-refractivity contribution in [2.24, 2.45) is 0 Å². The molecule has 15 rings (SSSR count). The molecule has 0 amide bonds. The van der Waals surface area contributed by atoms with Crippen molar-refractivity contribution in [3.63, 3.8) is 0 Å². The number of aromatic nitrogens is 5. The molecule has 6 nitrogen and oxygen atoms in total. The minimum atomic E-state index is 0.585. The fourth-order valence-electron chi connectivity index (χ4n) is 10.9. The van der Waals surface area contributed by atoms with E-state index in [-0.39, 0.29) is 0 Å². The van der Waals surface area contributed by atoms with Gasteiger partial charge in [0.15, 0.2) is 17.5 Å². The van der Waals surface area contributed by atoms with E-state index in [1.54, 1.807) is 0 Å². The summed E-state index contributed by atoms with van der Waals surface area (Å²) in [7, 11) is 0. The number of para-hydroxylation sites is 3. The zero-order valence-corrected chi connectivity index (χ0v) is 37.0. The van der Waals surface area contributed by atoms with Crippen LogP contribution in [0.3, 0.4) is 0 Å². The Labute approximate surface area is 394 Å². The van der Waals surface area contributed by atoms with Crippen LogP contribution in [0.1, 0.15) is 0 Å². The molecule has 0 bridgehead atoms. The van der Waals surface area contributed by atoms with Gasteiger partial charge in [0.1, 0.15) is 11.2 Å². The molecule has 0 spiro atoms. The fraction of sp³-hybridized carbons (Fsp3) is 0. The summed E-state index contributed by atoms with van der Waals surface area (Å²) in [6, 6.07) is 79.8. The first-order valence-corrected chi connectivity index (χ1v) is 23.3. The molecule has 15 aromatic rings. The Balaban J connectivity index is 0.956. The molecule has 0 saturated heterocycles. The first-order chi connectivity index (χ1) is 34.2. The van der Waals surface area contributed by atoms with Crippen molar-refractivity contribution in [2.45, 2.75) is 0 Å². The Morgan fingerprint density at radius 2 is 0.884 bits per heavy atom. The number of benzene rings is 11. The van der Waals surface area contributed by atoms with Gasteiger partial charge in [-0.15, -0.1) is 0 Å². The van der Waals surface area contributed by atoms with E-state index in [0.29, 0.717) is 17.5 Å².